The van der Waals surface area contributed by atoms with Crippen LogP contribution in [-0.2, 0) is 14.3 Å². The maximum atomic E-state index is 12.2. The van der Waals surface area contributed by atoms with Crippen LogP contribution in [0.1, 0.15) is 45.4 Å². The zero-order valence-electron chi connectivity index (χ0n) is 10.3. The molecular formula is C13H22O3. The fourth-order valence-electron chi connectivity index (χ4n) is 3.10. The maximum Gasteiger partial charge on any atom is 0.167 e. The van der Waals surface area contributed by atoms with Gasteiger partial charge in [-0.3, -0.25) is 4.79 Å². The first-order valence-electron chi connectivity index (χ1n) is 6.49. The highest BCUT2D eigenvalue weighted by molar-refractivity contribution is 5.82. The van der Waals surface area contributed by atoms with Gasteiger partial charge >= 0.3 is 0 Å². The number of carbonyl (C=O) groups is 1. The predicted molar refractivity (Wildman–Crippen MR) is 61.0 cm³/mol. The first-order valence-corrected chi connectivity index (χ1v) is 6.49. The van der Waals surface area contributed by atoms with Gasteiger partial charge in [-0.05, 0) is 25.2 Å². The van der Waals surface area contributed by atoms with Gasteiger partial charge in [0.25, 0.3) is 0 Å². The number of fused-ring (bicyclic) bond motifs is 1. The van der Waals surface area contributed by atoms with E-state index in [0.717, 1.165) is 25.7 Å². The summed E-state index contributed by atoms with van der Waals surface area (Å²) in [6.45, 7) is 2.12. The van der Waals surface area contributed by atoms with Crippen molar-refractivity contribution in [3.63, 3.8) is 0 Å². The molecule has 16 heavy (non-hydrogen) atoms. The molecule has 3 nitrogen and oxygen atoms in total. The van der Waals surface area contributed by atoms with Gasteiger partial charge in [-0.15, -0.1) is 0 Å². The van der Waals surface area contributed by atoms with Gasteiger partial charge < -0.3 is 9.47 Å². The third-order valence-corrected chi connectivity index (χ3v) is 3.95. The Labute approximate surface area is 97.5 Å². The molecule has 1 heterocycles. The third-order valence-electron chi connectivity index (χ3n) is 3.95. The molecule has 1 aliphatic heterocycles. The van der Waals surface area contributed by atoms with Crippen LogP contribution in [0.5, 0.6) is 0 Å². The van der Waals surface area contributed by atoms with E-state index in [1.807, 2.05) is 0 Å². The number of hydrogen-bond donors (Lipinski definition) is 0. The van der Waals surface area contributed by atoms with E-state index in [0.29, 0.717) is 18.1 Å². The average molecular weight is 226 g/mol. The van der Waals surface area contributed by atoms with E-state index >= 15 is 0 Å². The first kappa shape index (κ1) is 12.1. The summed E-state index contributed by atoms with van der Waals surface area (Å²) in [5.74, 6) is 0.779. The quantitative estimate of drug-likeness (QED) is 0.722. The van der Waals surface area contributed by atoms with Crippen molar-refractivity contribution in [2.75, 3.05) is 7.11 Å². The van der Waals surface area contributed by atoms with Crippen LogP contribution in [-0.4, -0.2) is 25.3 Å². The lowest BCUT2D eigenvalue weighted by molar-refractivity contribution is -0.149. The van der Waals surface area contributed by atoms with Crippen LogP contribution < -0.4 is 0 Å². The van der Waals surface area contributed by atoms with Gasteiger partial charge in [0.15, 0.2) is 6.29 Å². The van der Waals surface area contributed by atoms with Crippen molar-refractivity contribution >= 4 is 5.78 Å². The summed E-state index contributed by atoms with van der Waals surface area (Å²) >= 11 is 0. The van der Waals surface area contributed by atoms with E-state index in [-0.39, 0.29) is 18.3 Å². The molecule has 3 heteroatoms. The topological polar surface area (TPSA) is 35.5 Å². The standard InChI is InChI=1S/C13H22O3/c1-3-4-7-10(14)12-9-6-5-8-11(9)16-13(12)15-2/h9,11-13H,3-8H2,1-2H3/t9-,11+,12-,13+/m1/s1. The van der Waals surface area contributed by atoms with Crippen molar-refractivity contribution < 1.29 is 14.3 Å². The SMILES string of the molecule is CCCCC(=O)[C@@H]1[C@@H](OC)O[C@H]2CCC[C@@H]12. The normalized spacial score (nSPS) is 37.6. The first-order chi connectivity index (χ1) is 7.77. The number of carbonyl (C=O) groups excluding carboxylic acids is 1. The van der Waals surface area contributed by atoms with Crippen molar-refractivity contribution in [1.29, 1.82) is 0 Å². The molecule has 2 fully saturated rings. The second-order valence-corrected chi connectivity index (χ2v) is 4.97. The van der Waals surface area contributed by atoms with E-state index in [1.165, 1.54) is 6.42 Å². The minimum atomic E-state index is -0.278. The minimum Gasteiger partial charge on any atom is -0.355 e. The molecule has 1 saturated heterocycles. The average Bonchev–Trinajstić information content (AvgIpc) is 2.84. The van der Waals surface area contributed by atoms with Crippen LogP contribution >= 0.6 is 0 Å². The van der Waals surface area contributed by atoms with Gasteiger partial charge in [0, 0.05) is 13.5 Å². The molecule has 0 spiro atoms. The predicted octanol–water partition coefficient (Wildman–Crippen LogP) is 2.53. The second kappa shape index (κ2) is 5.28. The van der Waals surface area contributed by atoms with Crippen LogP contribution in [0.2, 0.25) is 0 Å². The Bertz CT molecular complexity index is 252. The Morgan fingerprint density at radius 3 is 2.94 bits per heavy atom. The highest BCUT2D eigenvalue weighted by Gasteiger charge is 2.49. The summed E-state index contributed by atoms with van der Waals surface area (Å²) in [6, 6.07) is 0. The summed E-state index contributed by atoms with van der Waals surface area (Å²) in [5, 5.41) is 0. The molecule has 1 aliphatic carbocycles. The molecular weight excluding hydrogens is 204 g/mol. The highest BCUT2D eigenvalue weighted by Crippen LogP contribution is 2.44. The van der Waals surface area contributed by atoms with Crippen LogP contribution in [0.3, 0.4) is 0 Å². The van der Waals surface area contributed by atoms with Crippen molar-refractivity contribution in [3.8, 4) is 0 Å². The largest absolute Gasteiger partial charge is 0.355 e. The van der Waals surface area contributed by atoms with Gasteiger partial charge in [-0.2, -0.15) is 0 Å². The molecule has 0 aromatic heterocycles. The fraction of sp³-hybridized carbons (Fsp3) is 0.923. The van der Waals surface area contributed by atoms with E-state index in [9.17, 15) is 4.79 Å². The lowest BCUT2D eigenvalue weighted by Crippen LogP contribution is -2.30. The van der Waals surface area contributed by atoms with Gasteiger partial charge in [-0.1, -0.05) is 19.8 Å². The second-order valence-electron chi connectivity index (χ2n) is 4.97. The van der Waals surface area contributed by atoms with Crippen LogP contribution in [0.25, 0.3) is 0 Å². The van der Waals surface area contributed by atoms with E-state index in [2.05, 4.69) is 6.92 Å². The van der Waals surface area contributed by atoms with Crippen molar-refractivity contribution in [3.05, 3.63) is 0 Å². The number of ketones is 1. The molecule has 2 aliphatic rings. The summed E-state index contributed by atoms with van der Waals surface area (Å²) in [6.07, 6.45) is 6.18. The molecule has 0 N–H and O–H groups in total. The minimum absolute atomic E-state index is 0.00375. The fourth-order valence-corrected chi connectivity index (χ4v) is 3.10. The summed E-state index contributed by atoms with van der Waals surface area (Å²) in [4.78, 5) is 12.2. The van der Waals surface area contributed by atoms with Crippen LogP contribution in [0.4, 0.5) is 0 Å². The molecule has 92 valence electrons. The summed E-state index contributed by atoms with van der Waals surface area (Å²) in [7, 11) is 1.64. The third kappa shape index (κ3) is 2.16. The Kier molecular flexibility index (Phi) is 3.98. The molecule has 0 aromatic rings. The molecule has 2 rings (SSSR count). The highest BCUT2D eigenvalue weighted by atomic mass is 16.7. The molecule has 0 bridgehead atoms. The maximum absolute atomic E-state index is 12.2. The van der Waals surface area contributed by atoms with Crippen molar-refractivity contribution in [2.24, 2.45) is 11.8 Å². The smallest absolute Gasteiger partial charge is 0.167 e. The van der Waals surface area contributed by atoms with Crippen LogP contribution in [0, 0.1) is 11.8 Å². The lowest BCUT2D eigenvalue weighted by atomic mass is 9.86. The Morgan fingerprint density at radius 2 is 2.25 bits per heavy atom. The summed E-state index contributed by atoms with van der Waals surface area (Å²) in [5.41, 5.74) is 0. The molecule has 4 atom stereocenters. The monoisotopic (exact) mass is 226 g/mol. The molecule has 0 amide bonds. The zero-order chi connectivity index (χ0) is 11.5. The van der Waals surface area contributed by atoms with Gasteiger partial charge in [0.2, 0.25) is 0 Å². The van der Waals surface area contributed by atoms with Gasteiger partial charge in [0.05, 0.1) is 12.0 Å². The molecule has 0 aromatic carbocycles. The molecule has 0 unspecified atom stereocenters. The number of Topliss-reactive ketones (excluding diaryl/α,β-unsaturated/α-hetero) is 1. The van der Waals surface area contributed by atoms with E-state index < -0.39 is 0 Å². The number of hydrogen-bond acceptors (Lipinski definition) is 3. The lowest BCUT2D eigenvalue weighted by Gasteiger charge is -2.19. The Hall–Kier alpha value is -0.410. The number of ether oxygens (including phenoxy) is 2. The molecule has 1 saturated carbocycles. The van der Waals surface area contributed by atoms with Gasteiger partial charge in [0.1, 0.15) is 5.78 Å². The number of methoxy groups -OCH3 is 1. The van der Waals surface area contributed by atoms with E-state index in [4.69, 9.17) is 9.47 Å². The summed E-state index contributed by atoms with van der Waals surface area (Å²) < 4.78 is 11.1. The Balaban J connectivity index is 2.01. The van der Waals surface area contributed by atoms with Crippen LogP contribution in [0.15, 0.2) is 0 Å². The molecule has 0 radical (unpaired) electrons. The van der Waals surface area contributed by atoms with Crippen molar-refractivity contribution in [1.82, 2.24) is 0 Å². The Morgan fingerprint density at radius 1 is 1.44 bits per heavy atom. The number of unbranched alkanes of at least 4 members (excludes halogenated alkanes) is 1. The van der Waals surface area contributed by atoms with Gasteiger partial charge in [-0.25, -0.2) is 0 Å². The van der Waals surface area contributed by atoms with Crippen molar-refractivity contribution in [2.45, 2.75) is 57.8 Å². The zero-order valence-corrected chi connectivity index (χ0v) is 10.3. The number of rotatable bonds is 5. The van der Waals surface area contributed by atoms with E-state index in [1.54, 1.807) is 7.11 Å².